The molecule has 0 N–H and O–H groups in total. The number of carbonyl (C=O) groups is 1. The molecule has 0 unspecified atom stereocenters. The van der Waals surface area contributed by atoms with E-state index in [4.69, 9.17) is 0 Å². The van der Waals surface area contributed by atoms with Crippen molar-refractivity contribution in [1.29, 1.82) is 0 Å². The third-order valence-electron chi connectivity index (χ3n) is 3.31. The van der Waals surface area contributed by atoms with E-state index in [0.29, 0.717) is 18.2 Å². The van der Waals surface area contributed by atoms with Crippen LogP contribution >= 0.6 is 0 Å². The number of hydrogen-bond donors (Lipinski definition) is 0. The summed E-state index contributed by atoms with van der Waals surface area (Å²) in [6.07, 6.45) is 7.25. The fourth-order valence-electron chi connectivity index (χ4n) is 2.48. The summed E-state index contributed by atoms with van der Waals surface area (Å²) >= 11 is 0. The van der Waals surface area contributed by atoms with Crippen LogP contribution in [0.2, 0.25) is 0 Å². The number of aromatic nitrogens is 1. The van der Waals surface area contributed by atoms with Gasteiger partial charge in [0.15, 0.2) is 5.78 Å². The van der Waals surface area contributed by atoms with Gasteiger partial charge in [0.05, 0.1) is 0 Å². The van der Waals surface area contributed by atoms with Crippen molar-refractivity contribution in [3.8, 4) is 0 Å². The highest BCUT2D eigenvalue weighted by atomic mass is 16.1. The number of ketones is 1. The van der Waals surface area contributed by atoms with Crippen LogP contribution in [0.25, 0.3) is 0 Å². The molecule has 2 rings (SSSR count). The second-order valence-corrected chi connectivity index (χ2v) is 4.50. The van der Waals surface area contributed by atoms with Crippen molar-refractivity contribution in [3.63, 3.8) is 0 Å². The highest BCUT2D eigenvalue weighted by Crippen LogP contribution is 2.28. The molecule has 0 fully saturated rings. The van der Waals surface area contributed by atoms with E-state index in [1.54, 1.807) is 0 Å². The third kappa shape index (κ3) is 1.85. The smallest absolute Gasteiger partial charge is 0.164 e. The predicted molar refractivity (Wildman–Crippen MR) is 61.3 cm³/mol. The lowest BCUT2D eigenvalue weighted by molar-refractivity contribution is 0.0980. The van der Waals surface area contributed by atoms with Crippen molar-refractivity contribution in [2.75, 3.05) is 0 Å². The average Bonchev–Trinajstić information content (AvgIpc) is 2.63. The monoisotopic (exact) mass is 205 g/mol. The molecule has 1 aliphatic rings. The Balaban J connectivity index is 2.30. The summed E-state index contributed by atoms with van der Waals surface area (Å²) in [6, 6.07) is 2.58. The third-order valence-corrected chi connectivity index (χ3v) is 3.31. The molecule has 0 bridgehead atoms. The molecular formula is C13H19NO. The number of rotatable bonds is 3. The summed E-state index contributed by atoms with van der Waals surface area (Å²) in [5.74, 6) is 0.320. The highest BCUT2D eigenvalue weighted by Gasteiger charge is 2.21. The Hall–Kier alpha value is -1.05. The van der Waals surface area contributed by atoms with Crippen LogP contribution in [-0.2, 0) is 6.42 Å². The lowest BCUT2D eigenvalue weighted by atomic mass is 9.99. The second-order valence-electron chi connectivity index (χ2n) is 4.50. The fraction of sp³-hybridized carbons (Fsp3) is 0.615. The molecule has 2 heterocycles. The Labute approximate surface area is 91.3 Å². The van der Waals surface area contributed by atoms with E-state index in [1.807, 2.05) is 6.07 Å². The molecule has 15 heavy (non-hydrogen) atoms. The van der Waals surface area contributed by atoms with E-state index >= 15 is 0 Å². The Bertz CT molecular complexity index is 365. The summed E-state index contributed by atoms with van der Waals surface area (Å²) in [7, 11) is 0. The molecule has 2 nitrogen and oxygen atoms in total. The van der Waals surface area contributed by atoms with Gasteiger partial charge in [-0.15, -0.1) is 0 Å². The Kier molecular flexibility index (Phi) is 2.94. The van der Waals surface area contributed by atoms with Crippen molar-refractivity contribution >= 4 is 5.78 Å². The zero-order chi connectivity index (χ0) is 10.8. The van der Waals surface area contributed by atoms with Crippen LogP contribution in [-0.4, -0.2) is 10.4 Å². The molecule has 0 aliphatic carbocycles. The highest BCUT2D eigenvalue weighted by molar-refractivity contribution is 5.97. The molecule has 1 aromatic heterocycles. The lowest BCUT2D eigenvalue weighted by Gasteiger charge is -2.23. The van der Waals surface area contributed by atoms with Crippen molar-refractivity contribution in [1.82, 2.24) is 4.57 Å². The Morgan fingerprint density at radius 3 is 3.13 bits per heavy atom. The van der Waals surface area contributed by atoms with Crippen LogP contribution in [0.4, 0.5) is 0 Å². The van der Waals surface area contributed by atoms with Gasteiger partial charge in [0.25, 0.3) is 0 Å². The van der Waals surface area contributed by atoms with Crippen LogP contribution in [0.15, 0.2) is 12.3 Å². The number of Topliss-reactive ketones (excluding diaryl/α,β-unsaturated/α-hetero) is 1. The SMILES string of the molecule is CCCC(=O)c1ccn2c1CCC[C@H]2C. The average molecular weight is 205 g/mol. The van der Waals surface area contributed by atoms with Gasteiger partial charge in [-0.05, 0) is 38.7 Å². The van der Waals surface area contributed by atoms with Crippen molar-refractivity contribution < 1.29 is 4.79 Å². The summed E-state index contributed by atoms with van der Waals surface area (Å²) < 4.78 is 2.28. The van der Waals surface area contributed by atoms with Crippen LogP contribution in [0.5, 0.6) is 0 Å². The summed E-state index contributed by atoms with van der Waals surface area (Å²) in [5.41, 5.74) is 2.25. The zero-order valence-electron chi connectivity index (χ0n) is 9.62. The normalized spacial score (nSPS) is 20.0. The molecule has 1 atom stereocenters. The Morgan fingerprint density at radius 1 is 1.60 bits per heavy atom. The quantitative estimate of drug-likeness (QED) is 0.693. The molecule has 0 aromatic carbocycles. The zero-order valence-corrected chi connectivity index (χ0v) is 9.62. The maximum Gasteiger partial charge on any atom is 0.164 e. The molecule has 1 aromatic rings. The molecule has 1 aliphatic heterocycles. The molecule has 2 heteroatoms. The number of hydrogen-bond acceptors (Lipinski definition) is 1. The summed E-state index contributed by atoms with van der Waals surface area (Å²) in [5, 5.41) is 0. The van der Waals surface area contributed by atoms with Crippen LogP contribution < -0.4 is 0 Å². The minimum atomic E-state index is 0.320. The molecule has 0 saturated carbocycles. The first kappa shape index (κ1) is 10.5. The van der Waals surface area contributed by atoms with E-state index in [2.05, 4.69) is 24.6 Å². The van der Waals surface area contributed by atoms with Crippen molar-refractivity contribution in [2.24, 2.45) is 0 Å². The fourth-order valence-corrected chi connectivity index (χ4v) is 2.48. The van der Waals surface area contributed by atoms with Gasteiger partial charge in [-0.3, -0.25) is 4.79 Å². The number of nitrogens with zero attached hydrogens (tertiary/aromatic N) is 1. The maximum atomic E-state index is 11.9. The first-order valence-electron chi connectivity index (χ1n) is 5.97. The van der Waals surface area contributed by atoms with Gasteiger partial charge in [0.1, 0.15) is 0 Å². The van der Waals surface area contributed by atoms with Crippen molar-refractivity contribution in [3.05, 3.63) is 23.5 Å². The van der Waals surface area contributed by atoms with Gasteiger partial charge in [-0.2, -0.15) is 0 Å². The van der Waals surface area contributed by atoms with Gasteiger partial charge in [0, 0.05) is 29.9 Å². The molecule has 0 radical (unpaired) electrons. The first-order chi connectivity index (χ1) is 7.24. The minimum Gasteiger partial charge on any atom is -0.348 e. The second kappa shape index (κ2) is 4.21. The van der Waals surface area contributed by atoms with Gasteiger partial charge in [0.2, 0.25) is 0 Å². The molecule has 0 saturated heterocycles. The van der Waals surface area contributed by atoms with Crippen LogP contribution in [0.1, 0.15) is 61.6 Å². The van der Waals surface area contributed by atoms with Crippen molar-refractivity contribution in [2.45, 2.75) is 52.0 Å². The molecule has 82 valence electrons. The van der Waals surface area contributed by atoms with E-state index in [9.17, 15) is 4.79 Å². The summed E-state index contributed by atoms with van der Waals surface area (Å²) in [4.78, 5) is 11.9. The van der Waals surface area contributed by atoms with E-state index in [-0.39, 0.29) is 0 Å². The molecule has 0 spiro atoms. The van der Waals surface area contributed by atoms with E-state index in [1.165, 1.54) is 18.5 Å². The summed E-state index contributed by atoms with van der Waals surface area (Å²) in [6.45, 7) is 4.29. The standard InChI is InChI=1S/C13H19NO/c1-3-5-13(15)11-8-9-14-10(2)6-4-7-12(11)14/h8-10H,3-7H2,1-2H3/t10-/m1/s1. The minimum absolute atomic E-state index is 0.320. The van der Waals surface area contributed by atoms with Gasteiger partial charge < -0.3 is 4.57 Å². The van der Waals surface area contributed by atoms with E-state index in [0.717, 1.165) is 18.4 Å². The Morgan fingerprint density at radius 2 is 2.40 bits per heavy atom. The van der Waals surface area contributed by atoms with Gasteiger partial charge in [-0.25, -0.2) is 0 Å². The largest absolute Gasteiger partial charge is 0.348 e. The number of fused-ring (bicyclic) bond motifs is 1. The first-order valence-corrected chi connectivity index (χ1v) is 5.97. The van der Waals surface area contributed by atoms with Crippen LogP contribution in [0.3, 0.4) is 0 Å². The topological polar surface area (TPSA) is 22.0 Å². The molecular weight excluding hydrogens is 186 g/mol. The lowest BCUT2D eigenvalue weighted by Crippen LogP contribution is -2.16. The van der Waals surface area contributed by atoms with Gasteiger partial charge >= 0.3 is 0 Å². The van der Waals surface area contributed by atoms with E-state index < -0.39 is 0 Å². The number of carbonyl (C=O) groups excluding carboxylic acids is 1. The predicted octanol–water partition coefficient (Wildman–Crippen LogP) is 3.37. The maximum absolute atomic E-state index is 11.9. The molecule has 0 amide bonds. The van der Waals surface area contributed by atoms with Gasteiger partial charge in [-0.1, -0.05) is 6.92 Å². The van der Waals surface area contributed by atoms with Crippen LogP contribution in [0, 0.1) is 0 Å².